The van der Waals surface area contributed by atoms with Crippen molar-refractivity contribution >= 4 is 23.7 Å². The number of carbonyl (C=O) groups excluding carboxylic acids is 3. The number of amides is 3. The first-order chi connectivity index (χ1) is 9.32. The largest absolute Gasteiger partial charge is 0.480 e. The summed E-state index contributed by atoms with van der Waals surface area (Å²) >= 11 is 0. The molecule has 8 heteroatoms. The van der Waals surface area contributed by atoms with Gasteiger partial charge in [-0.05, 0) is 19.8 Å². The van der Waals surface area contributed by atoms with Crippen LogP contribution in [0.15, 0.2) is 0 Å². The van der Waals surface area contributed by atoms with Gasteiger partial charge in [0.1, 0.15) is 12.1 Å². The van der Waals surface area contributed by atoms with E-state index < -0.39 is 24.0 Å². The zero-order valence-corrected chi connectivity index (χ0v) is 11.5. The lowest BCUT2D eigenvalue weighted by atomic mass is 10.2. The molecule has 1 aliphatic heterocycles. The smallest absolute Gasteiger partial charge is 0.325 e. The van der Waals surface area contributed by atoms with E-state index in [1.54, 1.807) is 0 Å². The SMILES string of the molecule is CC(=O)NCC(=O)N1CCCC1C(=O)NC(C)C(=O)O. The van der Waals surface area contributed by atoms with Gasteiger partial charge in [-0.2, -0.15) is 0 Å². The number of nitrogens with one attached hydrogen (secondary N) is 2. The third kappa shape index (κ3) is 4.22. The standard InChI is InChI=1S/C12H19N3O5/c1-7(12(19)20)14-11(18)9-4-3-5-15(9)10(17)6-13-8(2)16/h7,9H,3-6H2,1-2H3,(H,13,16)(H,14,18)(H,19,20). The minimum Gasteiger partial charge on any atom is -0.480 e. The van der Waals surface area contributed by atoms with Crippen LogP contribution >= 0.6 is 0 Å². The van der Waals surface area contributed by atoms with Gasteiger partial charge in [-0.3, -0.25) is 19.2 Å². The Morgan fingerprint density at radius 1 is 1.35 bits per heavy atom. The van der Waals surface area contributed by atoms with Crippen molar-refractivity contribution < 1.29 is 24.3 Å². The molecule has 0 bridgehead atoms. The van der Waals surface area contributed by atoms with Gasteiger partial charge in [0.2, 0.25) is 17.7 Å². The maximum atomic E-state index is 12.0. The van der Waals surface area contributed by atoms with Crippen LogP contribution < -0.4 is 10.6 Å². The number of rotatable bonds is 5. The van der Waals surface area contributed by atoms with E-state index in [4.69, 9.17) is 5.11 Å². The Balaban J connectivity index is 2.60. The van der Waals surface area contributed by atoms with Gasteiger partial charge in [-0.1, -0.05) is 0 Å². The van der Waals surface area contributed by atoms with Gasteiger partial charge >= 0.3 is 5.97 Å². The van der Waals surface area contributed by atoms with Crippen molar-refractivity contribution in [3.05, 3.63) is 0 Å². The summed E-state index contributed by atoms with van der Waals surface area (Å²) in [5, 5.41) is 13.5. The minimum absolute atomic E-state index is 0.159. The molecule has 1 saturated heterocycles. The normalized spacial score (nSPS) is 19.3. The van der Waals surface area contributed by atoms with Gasteiger partial charge in [0.05, 0.1) is 6.54 Å². The van der Waals surface area contributed by atoms with Crippen LogP contribution in [0, 0.1) is 0 Å². The van der Waals surface area contributed by atoms with Crippen molar-refractivity contribution in [2.75, 3.05) is 13.1 Å². The Labute approximate surface area is 116 Å². The molecule has 1 heterocycles. The minimum atomic E-state index is -1.13. The van der Waals surface area contributed by atoms with Crippen molar-refractivity contribution in [3.63, 3.8) is 0 Å². The van der Waals surface area contributed by atoms with Crippen LogP contribution in [-0.2, 0) is 19.2 Å². The molecule has 0 aromatic rings. The van der Waals surface area contributed by atoms with Gasteiger partial charge in [-0.25, -0.2) is 0 Å². The Morgan fingerprint density at radius 3 is 2.55 bits per heavy atom. The summed E-state index contributed by atoms with van der Waals surface area (Å²) in [4.78, 5) is 46.7. The first-order valence-corrected chi connectivity index (χ1v) is 6.40. The second kappa shape index (κ2) is 6.88. The summed E-state index contributed by atoms with van der Waals surface area (Å²) in [6.45, 7) is 2.93. The summed E-state index contributed by atoms with van der Waals surface area (Å²) < 4.78 is 0. The van der Waals surface area contributed by atoms with Crippen molar-refractivity contribution in [2.24, 2.45) is 0 Å². The van der Waals surface area contributed by atoms with Gasteiger partial charge in [0.25, 0.3) is 0 Å². The first-order valence-electron chi connectivity index (χ1n) is 6.40. The van der Waals surface area contributed by atoms with E-state index in [9.17, 15) is 19.2 Å². The average molecular weight is 285 g/mol. The summed E-state index contributed by atoms with van der Waals surface area (Å²) in [5.41, 5.74) is 0. The molecule has 0 spiro atoms. The van der Waals surface area contributed by atoms with E-state index in [1.807, 2.05) is 0 Å². The predicted molar refractivity (Wildman–Crippen MR) is 68.7 cm³/mol. The van der Waals surface area contributed by atoms with Crippen LogP contribution in [0.25, 0.3) is 0 Å². The van der Waals surface area contributed by atoms with Crippen LogP contribution in [0.4, 0.5) is 0 Å². The molecule has 1 fully saturated rings. The third-order valence-electron chi connectivity index (χ3n) is 3.09. The zero-order chi connectivity index (χ0) is 15.3. The Bertz CT molecular complexity index is 423. The van der Waals surface area contributed by atoms with E-state index in [0.29, 0.717) is 19.4 Å². The van der Waals surface area contributed by atoms with E-state index in [2.05, 4.69) is 10.6 Å². The molecular weight excluding hydrogens is 266 g/mol. The molecule has 0 aromatic carbocycles. The molecular formula is C12H19N3O5. The van der Waals surface area contributed by atoms with Crippen LogP contribution in [0.2, 0.25) is 0 Å². The maximum absolute atomic E-state index is 12.0. The van der Waals surface area contributed by atoms with Crippen LogP contribution in [0.5, 0.6) is 0 Å². The lowest BCUT2D eigenvalue weighted by molar-refractivity contribution is -0.143. The molecule has 0 radical (unpaired) electrons. The number of nitrogens with zero attached hydrogens (tertiary/aromatic N) is 1. The molecule has 0 aromatic heterocycles. The number of carboxylic acid groups (broad SMARTS) is 1. The van der Waals surface area contributed by atoms with Crippen molar-refractivity contribution in [1.82, 2.24) is 15.5 Å². The van der Waals surface area contributed by atoms with Crippen LogP contribution in [-0.4, -0.2) is 58.9 Å². The first kappa shape index (κ1) is 15.9. The topological polar surface area (TPSA) is 116 Å². The molecule has 112 valence electrons. The molecule has 0 aliphatic carbocycles. The van der Waals surface area contributed by atoms with Crippen LogP contribution in [0.3, 0.4) is 0 Å². The highest BCUT2D eigenvalue weighted by Crippen LogP contribution is 2.17. The maximum Gasteiger partial charge on any atom is 0.325 e. The molecule has 0 saturated carbocycles. The summed E-state index contributed by atoms with van der Waals surface area (Å²) in [7, 11) is 0. The van der Waals surface area contributed by atoms with Gasteiger partial charge in [0, 0.05) is 13.5 Å². The number of likely N-dealkylation sites (tertiary alicyclic amines) is 1. The van der Waals surface area contributed by atoms with E-state index in [-0.39, 0.29) is 18.4 Å². The third-order valence-corrected chi connectivity index (χ3v) is 3.09. The highest BCUT2D eigenvalue weighted by Gasteiger charge is 2.34. The highest BCUT2D eigenvalue weighted by molar-refractivity contribution is 5.92. The Kier molecular flexibility index (Phi) is 5.48. The molecule has 20 heavy (non-hydrogen) atoms. The Morgan fingerprint density at radius 2 is 2.00 bits per heavy atom. The summed E-state index contributed by atoms with van der Waals surface area (Å²) in [5.74, 6) is -2.28. The van der Waals surface area contributed by atoms with E-state index in [1.165, 1.54) is 18.7 Å². The molecule has 2 atom stereocenters. The summed E-state index contributed by atoms with van der Waals surface area (Å²) in [6.07, 6.45) is 1.16. The zero-order valence-electron chi connectivity index (χ0n) is 11.5. The fraction of sp³-hybridized carbons (Fsp3) is 0.667. The van der Waals surface area contributed by atoms with Crippen LogP contribution in [0.1, 0.15) is 26.7 Å². The highest BCUT2D eigenvalue weighted by atomic mass is 16.4. The van der Waals surface area contributed by atoms with Gasteiger partial charge in [0.15, 0.2) is 0 Å². The number of carbonyl (C=O) groups is 4. The molecule has 2 unspecified atom stereocenters. The fourth-order valence-electron chi connectivity index (χ4n) is 2.01. The predicted octanol–water partition coefficient (Wildman–Crippen LogP) is -1.30. The number of hydrogen-bond donors (Lipinski definition) is 3. The second-order valence-corrected chi connectivity index (χ2v) is 4.72. The number of aliphatic carboxylic acids is 1. The lowest BCUT2D eigenvalue weighted by Crippen LogP contribution is -2.51. The average Bonchev–Trinajstić information content (AvgIpc) is 2.84. The number of carboxylic acids is 1. The Hall–Kier alpha value is -2.12. The molecule has 8 nitrogen and oxygen atoms in total. The van der Waals surface area contributed by atoms with Gasteiger partial charge in [-0.15, -0.1) is 0 Å². The molecule has 1 rings (SSSR count). The van der Waals surface area contributed by atoms with Crippen molar-refractivity contribution in [3.8, 4) is 0 Å². The quantitative estimate of drug-likeness (QED) is 0.581. The molecule has 1 aliphatic rings. The summed E-state index contributed by atoms with van der Waals surface area (Å²) in [6, 6.07) is -1.67. The molecule has 3 N–H and O–H groups in total. The fourth-order valence-corrected chi connectivity index (χ4v) is 2.01. The van der Waals surface area contributed by atoms with E-state index in [0.717, 1.165) is 0 Å². The lowest BCUT2D eigenvalue weighted by Gasteiger charge is -2.24. The number of hydrogen-bond acceptors (Lipinski definition) is 4. The van der Waals surface area contributed by atoms with Crippen molar-refractivity contribution in [2.45, 2.75) is 38.8 Å². The monoisotopic (exact) mass is 285 g/mol. The van der Waals surface area contributed by atoms with E-state index >= 15 is 0 Å². The van der Waals surface area contributed by atoms with Crippen molar-refractivity contribution in [1.29, 1.82) is 0 Å². The molecule has 3 amide bonds. The second-order valence-electron chi connectivity index (χ2n) is 4.72. The van der Waals surface area contributed by atoms with Gasteiger partial charge < -0.3 is 20.6 Å².